The van der Waals surface area contributed by atoms with Gasteiger partial charge in [-0.15, -0.1) is 0 Å². The third-order valence-corrected chi connectivity index (χ3v) is 13.9. The van der Waals surface area contributed by atoms with Crippen LogP contribution in [0, 0.1) is 0 Å². The van der Waals surface area contributed by atoms with Crippen molar-refractivity contribution >= 4 is 34.4 Å². The van der Waals surface area contributed by atoms with Crippen molar-refractivity contribution in [3.8, 4) is 5.75 Å². The topological polar surface area (TPSA) is 29.5 Å². The van der Waals surface area contributed by atoms with Crippen LogP contribution in [0.25, 0.3) is 0 Å². The van der Waals surface area contributed by atoms with Crippen molar-refractivity contribution in [1.29, 1.82) is 0 Å². The molecule has 0 unspecified atom stereocenters. The van der Waals surface area contributed by atoms with Crippen molar-refractivity contribution in [3.63, 3.8) is 0 Å². The molecule has 0 aliphatic rings. The Morgan fingerprint density at radius 2 is 1.57 bits per heavy atom. The second kappa shape index (κ2) is 7.62. The number of ether oxygens (including phenoxy) is 1. The number of carbonyl (C=O) groups is 1. The van der Waals surface area contributed by atoms with Crippen molar-refractivity contribution < 1.29 is 9.53 Å². The molecule has 0 saturated carbocycles. The summed E-state index contributed by atoms with van der Waals surface area (Å²) < 4.78 is 7.94. The molecule has 0 bridgehead atoms. The van der Waals surface area contributed by atoms with Gasteiger partial charge < -0.3 is 4.74 Å². The van der Waals surface area contributed by atoms with Crippen molar-refractivity contribution in [2.45, 2.75) is 45.7 Å². The minimum Gasteiger partial charge on any atom is -0.427 e. The lowest BCUT2D eigenvalue weighted by atomic mass is 10.3. The molecule has 0 heterocycles. The average Bonchev–Trinajstić information content (AvgIpc) is 2.32. The van der Waals surface area contributed by atoms with Crippen LogP contribution in [0.15, 0.2) is 30.3 Å². The lowest BCUT2D eigenvalue weighted by molar-refractivity contribution is -0.133. The summed E-state index contributed by atoms with van der Waals surface area (Å²) in [7, 11) is -2.72. The first-order valence-electron chi connectivity index (χ1n) is 7.30. The number of hydrogen-bond acceptors (Lipinski definition) is 4. The van der Waals surface area contributed by atoms with Crippen LogP contribution in [0.5, 0.6) is 5.75 Å². The Balaban J connectivity index is 2.46. The van der Waals surface area contributed by atoms with Crippen LogP contribution < -0.4 is 4.74 Å². The lowest BCUT2D eigenvalue weighted by Gasteiger charge is -2.42. The molecule has 0 aliphatic heterocycles. The fourth-order valence-corrected chi connectivity index (χ4v) is 14.4. The highest BCUT2D eigenvalue weighted by Gasteiger charge is 2.34. The summed E-state index contributed by atoms with van der Waals surface area (Å²) in [6.45, 7) is 14.2. The highest BCUT2D eigenvalue weighted by atomic mass is 32.2. The van der Waals surface area contributed by atoms with Crippen LogP contribution in [-0.4, -0.2) is 31.8 Å². The first-order valence-corrected chi connectivity index (χ1v) is 15.1. The molecule has 0 saturated heterocycles. The van der Waals surface area contributed by atoms with E-state index in [1.807, 2.05) is 42.3 Å². The zero-order valence-corrected chi connectivity index (χ0v) is 16.8. The van der Waals surface area contributed by atoms with Gasteiger partial charge in [0.2, 0.25) is 0 Å². The number of hydrogen-bond donors (Lipinski definition) is 0. The van der Waals surface area contributed by atoms with Gasteiger partial charge in [0.25, 0.3) is 0 Å². The quantitative estimate of drug-likeness (QED) is 0.314. The molecule has 3 nitrogen and oxygen atoms in total. The van der Waals surface area contributed by atoms with Gasteiger partial charge in [-0.05, 0) is 12.1 Å². The first-order chi connectivity index (χ1) is 9.60. The Hall–Kier alpha value is -0.566. The van der Waals surface area contributed by atoms with E-state index in [2.05, 4.69) is 42.9 Å². The van der Waals surface area contributed by atoms with Crippen LogP contribution in [0.3, 0.4) is 0 Å². The van der Waals surface area contributed by atoms with E-state index in [4.69, 9.17) is 4.74 Å². The first kappa shape index (κ1) is 18.5. The molecule has 1 aromatic rings. The van der Waals surface area contributed by atoms with E-state index in [1.165, 1.54) is 0 Å². The molecule has 118 valence electrons. The third kappa shape index (κ3) is 6.82. The normalized spacial score (nSPS) is 12.5. The predicted octanol–water partition coefficient (Wildman–Crippen LogP) is 4.60. The Morgan fingerprint density at radius 1 is 1.05 bits per heavy atom. The maximum atomic E-state index is 11.9. The molecule has 0 radical (unpaired) electrons. The Morgan fingerprint density at radius 3 is 2.05 bits per heavy atom. The molecule has 0 spiro atoms. The van der Waals surface area contributed by atoms with Gasteiger partial charge in [-0.2, -0.15) is 0 Å². The molecule has 21 heavy (non-hydrogen) atoms. The van der Waals surface area contributed by atoms with Crippen LogP contribution in [0.2, 0.25) is 39.3 Å². The maximum Gasteiger partial charge on any atom is 0.312 e. The molecular weight excluding hydrogens is 314 g/mol. The summed E-state index contributed by atoms with van der Waals surface area (Å²) in [4.78, 5) is 11.9. The van der Waals surface area contributed by atoms with Gasteiger partial charge in [0.05, 0.1) is 6.42 Å². The number of benzene rings is 1. The van der Waals surface area contributed by atoms with Gasteiger partial charge in [0.15, 0.2) is 0 Å². The van der Waals surface area contributed by atoms with E-state index < -0.39 is 16.5 Å². The van der Waals surface area contributed by atoms with E-state index in [9.17, 15) is 4.79 Å². The summed E-state index contributed by atoms with van der Waals surface area (Å²) in [5, 5.41) is 0. The molecule has 1 rings (SSSR count). The number of carbonyl (C=O) groups excluding carboxylic acids is 1. The molecule has 6 heteroatoms. The smallest absolute Gasteiger partial charge is 0.312 e. The van der Waals surface area contributed by atoms with Gasteiger partial charge >= 0.3 is 5.97 Å². The zero-order valence-electron chi connectivity index (χ0n) is 14.0. The number of rotatable bonds is 7. The Bertz CT molecular complexity index is 441. The summed E-state index contributed by atoms with van der Waals surface area (Å²) in [6.07, 6.45) is 0.449. The standard InChI is InChI=1S/C15H27NO2SSi2/c1-20(2,3)16(21(4,5)6)19-13-12-15(17)18-14-10-8-7-9-11-14/h7-11H,12-13H2,1-6H3. The van der Waals surface area contributed by atoms with Crippen molar-refractivity contribution in [3.05, 3.63) is 30.3 Å². The zero-order chi connectivity index (χ0) is 16.1. The molecular formula is C15H27NO2SSi2. The minimum atomic E-state index is -1.36. The van der Waals surface area contributed by atoms with Crippen LogP contribution in [0.1, 0.15) is 6.42 Å². The fourth-order valence-electron chi connectivity index (χ4n) is 2.28. The second-order valence-electron chi connectivity index (χ2n) is 7.01. The van der Waals surface area contributed by atoms with Gasteiger partial charge in [-0.1, -0.05) is 69.4 Å². The van der Waals surface area contributed by atoms with E-state index in [1.54, 1.807) is 0 Å². The van der Waals surface area contributed by atoms with E-state index in [0.717, 1.165) is 5.75 Å². The number of esters is 1. The van der Waals surface area contributed by atoms with E-state index in [0.29, 0.717) is 12.2 Å². The summed E-state index contributed by atoms with van der Waals surface area (Å²) in [6, 6.07) is 9.26. The van der Waals surface area contributed by atoms with Gasteiger partial charge in [0.1, 0.15) is 22.2 Å². The molecule has 1 aromatic carbocycles. The molecule has 0 aromatic heterocycles. The molecule has 0 atom stereocenters. The SMILES string of the molecule is C[Si](C)(C)N(SCCC(=O)Oc1ccccc1)[Si](C)(C)C. The van der Waals surface area contributed by atoms with Gasteiger partial charge in [-0.3, -0.25) is 8.43 Å². The highest BCUT2D eigenvalue weighted by Crippen LogP contribution is 2.28. The lowest BCUT2D eigenvalue weighted by Crippen LogP contribution is -2.55. The van der Waals surface area contributed by atoms with Crippen molar-refractivity contribution in [2.24, 2.45) is 0 Å². The maximum absolute atomic E-state index is 11.9. The average molecular weight is 342 g/mol. The van der Waals surface area contributed by atoms with E-state index in [-0.39, 0.29) is 5.97 Å². The third-order valence-electron chi connectivity index (χ3n) is 2.72. The molecule has 0 N–H and O–H groups in total. The Kier molecular flexibility index (Phi) is 6.71. The number of para-hydroxylation sites is 1. The summed E-state index contributed by atoms with van der Waals surface area (Å²) >= 11 is 1.83. The summed E-state index contributed by atoms with van der Waals surface area (Å²) in [5.74, 6) is 1.26. The Labute approximate surface area is 135 Å². The van der Waals surface area contributed by atoms with Crippen molar-refractivity contribution in [1.82, 2.24) is 3.64 Å². The monoisotopic (exact) mass is 341 g/mol. The number of nitrogens with zero attached hydrogens (tertiary/aromatic N) is 1. The van der Waals surface area contributed by atoms with Gasteiger partial charge in [0, 0.05) is 5.75 Å². The van der Waals surface area contributed by atoms with Crippen molar-refractivity contribution in [2.75, 3.05) is 5.75 Å². The largest absolute Gasteiger partial charge is 0.427 e. The fraction of sp³-hybridized carbons (Fsp3) is 0.533. The van der Waals surface area contributed by atoms with Gasteiger partial charge in [-0.25, -0.2) is 0 Å². The highest BCUT2D eigenvalue weighted by molar-refractivity contribution is 7.99. The molecule has 0 fully saturated rings. The summed E-state index contributed by atoms with van der Waals surface area (Å²) in [5.41, 5.74) is 0. The van der Waals surface area contributed by atoms with Crippen LogP contribution in [-0.2, 0) is 4.79 Å². The molecule has 0 amide bonds. The minimum absolute atomic E-state index is 0.153. The molecule has 0 aliphatic carbocycles. The predicted molar refractivity (Wildman–Crippen MR) is 97.7 cm³/mol. The van der Waals surface area contributed by atoms with Crippen LogP contribution in [0.4, 0.5) is 0 Å². The van der Waals surface area contributed by atoms with Crippen LogP contribution >= 0.6 is 11.9 Å². The van der Waals surface area contributed by atoms with E-state index >= 15 is 0 Å². The second-order valence-corrected chi connectivity index (χ2v) is 18.7.